The normalized spacial score (nSPS) is 16.6. The van der Waals surface area contributed by atoms with Crippen LogP contribution in [0, 0.1) is 0 Å². The van der Waals surface area contributed by atoms with Crippen LogP contribution in [0.1, 0.15) is 0 Å². The van der Waals surface area contributed by atoms with Crippen molar-refractivity contribution < 1.29 is 0 Å². The number of nitrogens with zero attached hydrogens (tertiary/aromatic N) is 1. The molecule has 8 heavy (non-hydrogen) atoms. The second kappa shape index (κ2) is 4.06. The van der Waals surface area contributed by atoms with Crippen molar-refractivity contribution in [2.75, 3.05) is 14.1 Å². The van der Waals surface area contributed by atoms with Crippen LogP contribution in [0.5, 0.6) is 0 Å². The van der Waals surface area contributed by atoms with Gasteiger partial charge in [0.15, 0.2) is 0 Å². The van der Waals surface area contributed by atoms with Crippen molar-refractivity contribution in [1.82, 2.24) is 5.32 Å². The molecule has 4 heteroatoms. The fourth-order valence-corrected chi connectivity index (χ4v) is 0.680. The van der Waals surface area contributed by atoms with Gasteiger partial charge in [0.2, 0.25) is 0 Å². The summed E-state index contributed by atoms with van der Waals surface area (Å²) in [5.74, 6) is 0. The summed E-state index contributed by atoms with van der Waals surface area (Å²) in [4.78, 5) is 3.81. The van der Waals surface area contributed by atoms with Crippen LogP contribution >= 0.6 is 11.6 Å². The summed E-state index contributed by atoms with van der Waals surface area (Å²) in [5.41, 5.74) is 0.321. The van der Waals surface area contributed by atoms with E-state index in [-0.39, 0.29) is 0 Å². The predicted molar refractivity (Wildman–Crippen MR) is 42.0 cm³/mol. The van der Waals surface area contributed by atoms with E-state index in [1.54, 1.807) is 7.05 Å². The molecule has 0 aliphatic heterocycles. The molecule has 1 N–H and O–H groups in total. The van der Waals surface area contributed by atoms with Gasteiger partial charge >= 0.3 is 0 Å². The molecule has 0 aromatic rings. The average molecular weight is 151 g/mol. The molecule has 0 aliphatic carbocycles. The molecule has 0 saturated carbocycles. The first kappa shape index (κ1) is 8.14. The third-order valence-electron chi connectivity index (χ3n) is 1.00. The SMILES string of the molecule is CN=C(Cl)C([SiH3])NC. The number of rotatable bonds is 2. The summed E-state index contributed by atoms with van der Waals surface area (Å²) < 4.78 is 0. The van der Waals surface area contributed by atoms with Crippen LogP contribution in [0.2, 0.25) is 0 Å². The molecule has 0 aromatic carbocycles. The van der Waals surface area contributed by atoms with E-state index in [0.29, 0.717) is 10.8 Å². The van der Waals surface area contributed by atoms with E-state index in [1.807, 2.05) is 7.05 Å². The lowest BCUT2D eigenvalue weighted by molar-refractivity contribution is 0.891. The van der Waals surface area contributed by atoms with E-state index < -0.39 is 0 Å². The lowest BCUT2D eigenvalue weighted by atomic mass is 10.7. The largest absolute Gasteiger partial charge is 0.314 e. The van der Waals surface area contributed by atoms with Gasteiger partial charge in [0.1, 0.15) is 5.17 Å². The molecule has 0 spiro atoms. The summed E-state index contributed by atoms with van der Waals surface area (Å²) in [6.07, 6.45) is 0. The number of halogens is 1. The Labute approximate surface area is 57.8 Å². The molecule has 0 aromatic heterocycles. The molecule has 0 aliphatic rings. The maximum Gasteiger partial charge on any atom is 0.113 e. The van der Waals surface area contributed by atoms with Crippen molar-refractivity contribution in [3.05, 3.63) is 0 Å². The van der Waals surface area contributed by atoms with E-state index in [2.05, 4.69) is 10.3 Å². The van der Waals surface area contributed by atoms with Gasteiger partial charge in [-0.05, 0) is 7.05 Å². The first-order valence-electron chi connectivity index (χ1n) is 2.51. The molecular weight excluding hydrogens is 140 g/mol. The van der Waals surface area contributed by atoms with Crippen molar-refractivity contribution in [2.24, 2.45) is 4.99 Å². The summed E-state index contributed by atoms with van der Waals surface area (Å²) in [6.45, 7) is 0. The molecule has 1 atom stereocenters. The molecule has 0 saturated heterocycles. The van der Waals surface area contributed by atoms with Gasteiger partial charge < -0.3 is 5.32 Å². The van der Waals surface area contributed by atoms with Gasteiger partial charge in [-0.1, -0.05) is 11.6 Å². The minimum atomic E-state index is 0.321. The highest BCUT2D eigenvalue weighted by atomic mass is 35.5. The van der Waals surface area contributed by atoms with Crippen LogP contribution in [0.15, 0.2) is 4.99 Å². The molecule has 1 unspecified atom stereocenters. The molecular formula is C4H11ClN2Si. The third kappa shape index (κ3) is 2.45. The van der Waals surface area contributed by atoms with Crippen LogP contribution in [0.4, 0.5) is 0 Å². The van der Waals surface area contributed by atoms with Crippen molar-refractivity contribution in [3.8, 4) is 0 Å². The summed E-state index contributed by atoms with van der Waals surface area (Å²) >= 11 is 5.64. The molecule has 2 nitrogen and oxygen atoms in total. The highest BCUT2D eigenvalue weighted by Gasteiger charge is 2.00. The molecule has 0 radical (unpaired) electrons. The second-order valence-corrected chi connectivity index (χ2v) is 3.10. The zero-order valence-electron chi connectivity index (χ0n) is 5.40. The van der Waals surface area contributed by atoms with Gasteiger partial charge in [0.05, 0.1) is 0 Å². The Balaban J connectivity index is 3.63. The van der Waals surface area contributed by atoms with E-state index in [0.717, 1.165) is 10.2 Å². The number of hydrogen-bond donors (Lipinski definition) is 1. The van der Waals surface area contributed by atoms with Crippen molar-refractivity contribution in [1.29, 1.82) is 0 Å². The van der Waals surface area contributed by atoms with E-state index in [9.17, 15) is 0 Å². The minimum absolute atomic E-state index is 0.321. The van der Waals surface area contributed by atoms with Crippen LogP contribution in [0.25, 0.3) is 0 Å². The average Bonchev–Trinajstić information content (AvgIpc) is 1.84. The third-order valence-corrected chi connectivity index (χ3v) is 2.99. The molecule has 0 heterocycles. The lowest BCUT2D eigenvalue weighted by Gasteiger charge is -2.04. The Hall–Kier alpha value is 0.137. The van der Waals surface area contributed by atoms with Gasteiger partial charge in [-0.3, -0.25) is 4.99 Å². The van der Waals surface area contributed by atoms with Gasteiger partial charge in [-0.15, -0.1) is 0 Å². The van der Waals surface area contributed by atoms with E-state index in [1.165, 1.54) is 0 Å². The van der Waals surface area contributed by atoms with Crippen LogP contribution in [0.3, 0.4) is 0 Å². The Morgan fingerprint density at radius 3 is 2.50 bits per heavy atom. The number of aliphatic imine (C=N–C) groups is 1. The molecule has 0 rings (SSSR count). The van der Waals surface area contributed by atoms with E-state index in [4.69, 9.17) is 11.6 Å². The number of nitrogens with one attached hydrogen (secondary N) is 1. The topological polar surface area (TPSA) is 24.4 Å². The Kier molecular flexibility index (Phi) is 4.13. The minimum Gasteiger partial charge on any atom is -0.314 e. The monoisotopic (exact) mass is 150 g/mol. The van der Waals surface area contributed by atoms with Crippen LogP contribution in [-0.4, -0.2) is 35.2 Å². The summed E-state index contributed by atoms with van der Waals surface area (Å²) in [6, 6.07) is 0. The maximum absolute atomic E-state index is 5.64. The summed E-state index contributed by atoms with van der Waals surface area (Å²) in [7, 11) is 4.59. The first-order chi connectivity index (χ1) is 3.72. The summed E-state index contributed by atoms with van der Waals surface area (Å²) in [5, 5.41) is 3.69. The second-order valence-electron chi connectivity index (χ2n) is 1.56. The standard InChI is InChI=1S/C4H11ClN2Si/c1-6-3(5)4(8)7-2/h4,7H,1-2,8H3. The Morgan fingerprint density at radius 2 is 2.38 bits per heavy atom. The van der Waals surface area contributed by atoms with Crippen molar-refractivity contribution in [3.63, 3.8) is 0 Å². The smallest absolute Gasteiger partial charge is 0.113 e. The highest BCUT2D eigenvalue weighted by molar-refractivity contribution is 6.70. The van der Waals surface area contributed by atoms with Crippen LogP contribution < -0.4 is 5.32 Å². The fourth-order valence-electron chi connectivity index (χ4n) is 0.313. The fraction of sp³-hybridized carbons (Fsp3) is 0.750. The quantitative estimate of drug-likeness (QED) is 0.403. The molecule has 0 amide bonds. The van der Waals surface area contributed by atoms with Crippen LogP contribution in [-0.2, 0) is 0 Å². The molecule has 48 valence electrons. The predicted octanol–water partition coefficient (Wildman–Crippen LogP) is -0.836. The Morgan fingerprint density at radius 1 is 1.88 bits per heavy atom. The zero-order valence-corrected chi connectivity index (χ0v) is 8.16. The number of hydrogen-bond acceptors (Lipinski definition) is 2. The van der Waals surface area contributed by atoms with Gasteiger partial charge in [-0.25, -0.2) is 0 Å². The molecule has 0 fully saturated rings. The first-order valence-corrected chi connectivity index (χ1v) is 4.05. The van der Waals surface area contributed by atoms with Crippen molar-refractivity contribution in [2.45, 2.75) is 5.67 Å². The lowest BCUT2D eigenvalue weighted by Crippen LogP contribution is -2.31. The Bertz CT molecular complexity index is 94.0. The maximum atomic E-state index is 5.64. The van der Waals surface area contributed by atoms with Gasteiger partial charge in [-0.2, -0.15) is 0 Å². The highest BCUT2D eigenvalue weighted by Crippen LogP contribution is 1.87. The van der Waals surface area contributed by atoms with Gasteiger partial charge in [0.25, 0.3) is 0 Å². The van der Waals surface area contributed by atoms with E-state index >= 15 is 0 Å². The van der Waals surface area contributed by atoms with Gasteiger partial charge in [0, 0.05) is 23.0 Å². The zero-order chi connectivity index (χ0) is 6.57. The van der Waals surface area contributed by atoms with Crippen molar-refractivity contribution >= 4 is 27.0 Å². The molecule has 0 bridgehead atoms.